The largest absolute Gasteiger partial charge is 2.00 e. The summed E-state index contributed by atoms with van der Waals surface area (Å²) in [6.07, 6.45) is 6.68. The zero-order valence-corrected chi connectivity index (χ0v) is 54.1. The molecular weight excluding hydrogens is 1380 g/mol. The minimum atomic E-state index is 0. The van der Waals surface area contributed by atoms with Crippen LogP contribution in [0, 0.1) is 26.0 Å². The number of rotatable bonds is 16. The van der Waals surface area contributed by atoms with Gasteiger partial charge in [-0.1, -0.05) is 161 Å². The van der Waals surface area contributed by atoms with Crippen molar-refractivity contribution in [1.82, 2.24) is 0 Å². The van der Waals surface area contributed by atoms with Crippen molar-refractivity contribution in [2.24, 2.45) is 0 Å². The Morgan fingerprint density at radius 3 is 0.988 bits per heavy atom. The van der Waals surface area contributed by atoms with Crippen LogP contribution >= 0.6 is 0 Å². The molecule has 0 saturated heterocycles. The summed E-state index contributed by atoms with van der Waals surface area (Å²) >= 11 is 0. The molecule has 0 aliphatic heterocycles. The van der Waals surface area contributed by atoms with E-state index in [2.05, 4.69) is 271 Å². The van der Waals surface area contributed by atoms with Gasteiger partial charge in [-0.25, -0.2) is 0 Å². The Morgan fingerprint density at radius 1 is 0.357 bits per heavy atom. The van der Waals surface area contributed by atoms with E-state index < -0.39 is 0 Å². The van der Waals surface area contributed by atoms with Gasteiger partial charge in [0, 0.05) is 27.8 Å². The molecule has 0 N–H and O–H groups in total. The number of hydrogen-bond donors (Lipinski definition) is 0. The van der Waals surface area contributed by atoms with Crippen LogP contribution in [0.25, 0.3) is 86.9 Å². The second-order valence-corrected chi connectivity index (χ2v) is 21.3. The average Bonchev–Trinajstić information content (AvgIpc) is 1.81. The fourth-order valence-electron chi connectivity index (χ4n) is 11.5. The van der Waals surface area contributed by atoms with E-state index in [1.165, 1.54) is 99.7 Å². The van der Waals surface area contributed by atoms with Crippen molar-refractivity contribution < 1.29 is 49.1 Å². The van der Waals surface area contributed by atoms with E-state index in [0.717, 1.165) is 71.3 Å². The molecule has 2 atom stereocenters. The summed E-state index contributed by atoms with van der Waals surface area (Å²) < 4.78 is 12.6. The molecule has 13 rings (SSSR count). The Labute approximate surface area is 524 Å². The maximum absolute atomic E-state index is 6.30. The van der Waals surface area contributed by atoms with Crippen molar-refractivity contribution in [1.29, 1.82) is 0 Å². The van der Waals surface area contributed by atoms with Crippen molar-refractivity contribution >= 4 is 98.8 Å². The summed E-state index contributed by atoms with van der Waals surface area (Å²) in [4.78, 5) is 4.76. The maximum atomic E-state index is 6.30. The van der Waals surface area contributed by atoms with Crippen LogP contribution in [0.4, 0.5) is 34.1 Å². The zero-order chi connectivity index (χ0) is 56.7. The van der Waals surface area contributed by atoms with Gasteiger partial charge in [0.25, 0.3) is 0 Å². The van der Waals surface area contributed by atoms with Crippen LogP contribution < -0.4 is 19.3 Å². The van der Waals surface area contributed by atoms with E-state index in [1.807, 2.05) is 24.3 Å². The number of anilines is 6. The Kier molecular flexibility index (Phi) is 20.2. The third kappa shape index (κ3) is 11.8. The first-order valence-electron chi connectivity index (χ1n) is 29.4. The molecule has 0 bridgehead atoms. The monoisotopic (exact) mass is 1450 g/mol. The first-order chi connectivity index (χ1) is 40.3. The van der Waals surface area contributed by atoms with Gasteiger partial charge in [-0.05, 0) is 163 Å². The molecule has 0 aliphatic carbocycles. The molecule has 0 saturated carbocycles. The summed E-state index contributed by atoms with van der Waals surface area (Å²) in [5.74, 6) is 1.73. The molecule has 2 unspecified atom stereocenters. The Bertz CT molecular complexity index is 3990. The molecule has 422 valence electrons. The molecule has 0 heterocycles. The van der Waals surface area contributed by atoms with Gasteiger partial charge in [-0.15, -0.1) is 24.3 Å². The van der Waals surface area contributed by atoms with E-state index in [4.69, 9.17) is 9.47 Å². The molecule has 84 heavy (non-hydrogen) atoms. The second kappa shape index (κ2) is 27.9. The minimum absolute atomic E-state index is 0. The van der Waals surface area contributed by atoms with E-state index in [9.17, 15) is 0 Å². The number of hydrogen-bond acceptors (Lipinski definition) is 4. The molecule has 0 spiro atoms. The second-order valence-electron chi connectivity index (χ2n) is 21.3. The van der Waals surface area contributed by atoms with Gasteiger partial charge in [-0.2, -0.15) is 49.2 Å². The van der Waals surface area contributed by atoms with E-state index in [1.54, 1.807) is 0 Å². The summed E-state index contributed by atoms with van der Waals surface area (Å²) in [5.41, 5.74) is 11.3. The number of benzene rings is 11. The van der Waals surface area contributed by atoms with Crippen LogP contribution in [0.3, 0.4) is 0 Å². The molecule has 0 amide bonds. The third-order valence-corrected chi connectivity index (χ3v) is 15.9. The third-order valence-electron chi connectivity index (χ3n) is 15.9. The van der Waals surface area contributed by atoms with Crippen molar-refractivity contribution in [2.45, 2.75) is 92.3 Å². The van der Waals surface area contributed by atoms with Crippen LogP contribution in [0.1, 0.15) is 80.1 Å². The summed E-state index contributed by atoms with van der Waals surface area (Å²) in [6.45, 7) is 20.0. The van der Waals surface area contributed by atoms with Gasteiger partial charge in [0.1, 0.15) is 11.5 Å². The molecule has 13 aromatic carbocycles. The van der Waals surface area contributed by atoms with Gasteiger partial charge < -0.3 is 33.1 Å². The van der Waals surface area contributed by atoms with Crippen LogP contribution in [0.2, 0.25) is 0 Å². The number of nitrogens with zero attached hydrogens (tertiary/aromatic N) is 2. The van der Waals surface area contributed by atoms with Crippen molar-refractivity contribution in [3.05, 3.63) is 244 Å². The molecule has 13 aromatic rings. The van der Waals surface area contributed by atoms with Gasteiger partial charge in [0.05, 0.1) is 17.9 Å². The topological polar surface area (TPSA) is 24.9 Å². The first kappa shape index (κ1) is 61.0. The van der Waals surface area contributed by atoms with E-state index in [0.29, 0.717) is 0 Å². The van der Waals surface area contributed by atoms with Crippen molar-refractivity contribution in [3.8, 4) is 33.8 Å². The van der Waals surface area contributed by atoms with E-state index >= 15 is 0 Å². The number of fused-ring (bicyclic) bond motifs is 6. The average molecular weight is 1450 g/mol. The molecule has 4 nitrogen and oxygen atoms in total. The van der Waals surface area contributed by atoms with Gasteiger partial charge in [0.2, 0.25) is 0 Å². The van der Waals surface area contributed by atoms with Crippen LogP contribution in [0.5, 0.6) is 11.5 Å². The minimum Gasteiger partial charge on any atom is -0.491 e. The predicted octanol–water partition coefficient (Wildman–Crippen LogP) is 22.9. The smallest absolute Gasteiger partial charge is 0.491 e. The molecular formula is C78H72N2O2Os2. The van der Waals surface area contributed by atoms with Gasteiger partial charge in [0.15, 0.2) is 0 Å². The number of ether oxygens (including phenoxy) is 2. The molecule has 0 aromatic heterocycles. The van der Waals surface area contributed by atoms with Crippen molar-refractivity contribution in [2.75, 3.05) is 9.80 Å². The quantitative estimate of drug-likeness (QED) is 0.0900. The maximum Gasteiger partial charge on any atom is 2.00 e. The van der Waals surface area contributed by atoms with E-state index in [-0.39, 0.29) is 51.8 Å². The first-order valence-corrected chi connectivity index (χ1v) is 29.4. The normalized spacial score (nSPS) is 11.8. The standard InChI is InChI=1S/C70H54N2O2.2C4H9.2Os/c1-5-45(3)73-53-37-33-51(34-38-53)72(52-35-39-54(40-36-52)74-46(4)6-2)62-44-42-60-66-56(62)30-20-32-58(66)68-63(47-21-11-7-12-22-47)67-57-31-19-29-55-61(71(49-25-15-9-16-26-49)50-27-17-10-18-28-50)43-41-59(65(55)57)69(67)64(70(60)68)48-23-13-8-14-24-48;2*1-3-4-2;;/h7-8,11-46H,5-6H2,1-4H3;2*1,3-4H2,2H3;;/q-2;2*-1;2*+2. The Balaban J connectivity index is 0.000000798. The summed E-state index contributed by atoms with van der Waals surface area (Å²) in [6, 6.07) is 85.6. The van der Waals surface area contributed by atoms with Gasteiger partial charge in [-0.3, -0.25) is 0 Å². The number of unbranched alkanes of at least 4 members (excludes halogenated alkanes) is 2. The summed E-state index contributed by atoms with van der Waals surface area (Å²) in [5, 5.41) is 14.9. The van der Waals surface area contributed by atoms with Gasteiger partial charge >= 0.3 is 39.6 Å². The fraction of sp³-hybridized carbons (Fsp3) is 0.179. The SMILES string of the molecule is CCC(C)Oc1ccc(N(c2ccc(OC(C)CC)cc2)c2ccc3c4c(-c5ccccc5)c5c6ccc(N(c7cc[c-]cc7)c7cc[c-]cc7)c7cccc(c5c(-c5ccccc5)c4c4cccc2c43)c76)cc1.[CH2-]CCC.[CH2-]CCC.[Os+2].[Os+2]. The molecule has 0 fully saturated rings. The predicted molar refractivity (Wildman–Crippen MR) is 353 cm³/mol. The van der Waals surface area contributed by atoms with Crippen molar-refractivity contribution in [3.63, 3.8) is 0 Å². The summed E-state index contributed by atoms with van der Waals surface area (Å²) in [7, 11) is 0. The van der Waals surface area contributed by atoms with Crippen LogP contribution in [-0.4, -0.2) is 12.2 Å². The molecule has 0 radical (unpaired) electrons. The zero-order valence-electron chi connectivity index (χ0n) is 49.0. The fourth-order valence-corrected chi connectivity index (χ4v) is 11.5. The van der Waals surface area contributed by atoms with Crippen LogP contribution in [-0.2, 0) is 39.6 Å². The molecule has 6 heteroatoms. The Morgan fingerprint density at radius 2 is 0.667 bits per heavy atom. The van der Waals surface area contributed by atoms with Crippen LogP contribution in [0.15, 0.2) is 218 Å². The molecule has 0 aliphatic rings. The Hall–Kier alpha value is -7.59.